The number of amides is 3. The third-order valence-electron chi connectivity index (χ3n) is 4.60. The van der Waals surface area contributed by atoms with Gasteiger partial charge in [-0.05, 0) is 44.9 Å². The van der Waals surface area contributed by atoms with Gasteiger partial charge in [-0.1, -0.05) is 38.3 Å². The van der Waals surface area contributed by atoms with Crippen LogP contribution in [0.15, 0.2) is 12.2 Å². The minimum absolute atomic E-state index is 0.0940. The minimum atomic E-state index is -1.38. The molecule has 0 saturated carbocycles. The zero-order valence-electron chi connectivity index (χ0n) is 18.7. The van der Waals surface area contributed by atoms with Gasteiger partial charge in [0, 0.05) is 19.5 Å². The summed E-state index contributed by atoms with van der Waals surface area (Å²) in [6.07, 6.45) is 13.4. The summed E-state index contributed by atoms with van der Waals surface area (Å²) in [5.41, 5.74) is 0. The van der Waals surface area contributed by atoms with Crippen LogP contribution in [0.2, 0.25) is 0 Å². The van der Waals surface area contributed by atoms with E-state index in [4.69, 9.17) is 10.2 Å². The van der Waals surface area contributed by atoms with Crippen LogP contribution in [0, 0.1) is 0 Å². The van der Waals surface area contributed by atoms with Crippen molar-refractivity contribution in [2.24, 2.45) is 0 Å². The van der Waals surface area contributed by atoms with E-state index in [2.05, 4.69) is 35.0 Å². The Hall–Kier alpha value is -2.58. The number of unbranched alkanes of at least 4 members (excludes halogenated alkanes) is 7. The maximum absolute atomic E-state index is 11.7. The van der Waals surface area contributed by atoms with Crippen molar-refractivity contribution in [3.8, 4) is 0 Å². The largest absolute Gasteiger partial charge is 0.481 e. The summed E-state index contributed by atoms with van der Waals surface area (Å²) in [5, 5.41) is 25.5. The van der Waals surface area contributed by atoms with Crippen LogP contribution in [0.4, 0.5) is 4.79 Å². The SMILES string of the molecule is CCCCNC(=O)NCCCCC=CCCCCCCC(=O)NC(CC(=O)O)C(=O)O. The highest BCUT2D eigenvalue weighted by Gasteiger charge is 2.22. The molecule has 0 saturated heterocycles. The van der Waals surface area contributed by atoms with Crippen LogP contribution >= 0.6 is 0 Å². The second-order valence-corrected chi connectivity index (χ2v) is 7.51. The number of hydrogen-bond acceptors (Lipinski definition) is 4. The molecular formula is C22H39N3O6. The van der Waals surface area contributed by atoms with Crippen LogP contribution in [-0.4, -0.2) is 53.2 Å². The van der Waals surface area contributed by atoms with E-state index in [-0.39, 0.29) is 12.5 Å². The van der Waals surface area contributed by atoms with E-state index < -0.39 is 30.3 Å². The van der Waals surface area contributed by atoms with Gasteiger partial charge in [0.2, 0.25) is 5.91 Å². The number of allylic oxidation sites excluding steroid dienone is 2. The van der Waals surface area contributed by atoms with Gasteiger partial charge in [0.15, 0.2) is 0 Å². The Labute approximate surface area is 185 Å². The highest BCUT2D eigenvalue weighted by atomic mass is 16.4. The van der Waals surface area contributed by atoms with Crippen molar-refractivity contribution in [1.82, 2.24) is 16.0 Å². The molecule has 0 aliphatic carbocycles. The van der Waals surface area contributed by atoms with Crippen molar-refractivity contribution in [1.29, 1.82) is 0 Å². The van der Waals surface area contributed by atoms with E-state index in [1.165, 1.54) is 0 Å². The van der Waals surface area contributed by atoms with Crippen molar-refractivity contribution >= 4 is 23.9 Å². The van der Waals surface area contributed by atoms with Crippen molar-refractivity contribution in [2.45, 2.75) is 90.0 Å². The second kappa shape index (κ2) is 19.4. The zero-order chi connectivity index (χ0) is 23.3. The number of rotatable bonds is 19. The lowest BCUT2D eigenvalue weighted by Crippen LogP contribution is -2.42. The number of carbonyl (C=O) groups is 4. The van der Waals surface area contributed by atoms with Crippen molar-refractivity contribution in [3.63, 3.8) is 0 Å². The summed E-state index contributed by atoms with van der Waals surface area (Å²) in [4.78, 5) is 44.7. The summed E-state index contributed by atoms with van der Waals surface area (Å²) in [7, 11) is 0. The van der Waals surface area contributed by atoms with Crippen molar-refractivity contribution in [2.75, 3.05) is 13.1 Å². The van der Waals surface area contributed by atoms with Crippen LogP contribution in [0.25, 0.3) is 0 Å². The molecule has 0 aromatic heterocycles. The first kappa shape index (κ1) is 28.4. The predicted octanol–water partition coefficient (Wildman–Crippen LogP) is 3.20. The van der Waals surface area contributed by atoms with Crippen LogP contribution in [0.5, 0.6) is 0 Å². The lowest BCUT2D eigenvalue weighted by Gasteiger charge is -2.12. The van der Waals surface area contributed by atoms with Gasteiger partial charge in [-0.2, -0.15) is 0 Å². The molecule has 0 aliphatic rings. The number of aliphatic carboxylic acids is 2. The smallest absolute Gasteiger partial charge is 0.326 e. The Morgan fingerprint density at radius 2 is 1.39 bits per heavy atom. The molecule has 0 radical (unpaired) electrons. The molecule has 0 aromatic rings. The summed E-state index contributed by atoms with van der Waals surface area (Å²) < 4.78 is 0. The number of carboxylic acids is 2. The lowest BCUT2D eigenvalue weighted by atomic mass is 10.1. The van der Waals surface area contributed by atoms with E-state index in [9.17, 15) is 19.2 Å². The normalized spacial score (nSPS) is 11.8. The molecule has 3 amide bonds. The molecule has 0 heterocycles. The molecule has 0 rings (SSSR count). The average molecular weight is 442 g/mol. The van der Waals surface area contributed by atoms with Crippen molar-refractivity contribution in [3.05, 3.63) is 12.2 Å². The Kier molecular flexibility index (Phi) is 17.8. The fourth-order valence-corrected chi connectivity index (χ4v) is 2.81. The molecule has 0 aromatic carbocycles. The van der Waals surface area contributed by atoms with Gasteiger partial charge in [0.25, 0.3) is 0 Å². The number of carboxylic acid groups (broad SMARTS) is 2. The topological polar surface area (TPSA) is 145 Å². The van der Waals surface area contributed by atoms with Crippen LogP contribution in [-0.2, 0) is 14.4 Å². The van der Waals surface area contributed by atoms with E-state index in [0.29, 0.717) is 13.0 Å². The monoisotopic (exact) mass is 441 g/mol. The Bertz CT molecular complexity index is 565. The minimum Gasteiger partial charge on any atom is -0.481 e. The van der Waals surface area contributed by atoms with E-state index in [1.807, 2.05) is 0 Å². The summed E-state index contributed by atoms with van der Waals surface area (Å²) in [6, 6.07) is -1.47. The van der Waals surface area contributed by atoms with Gasteiger partial charge in [-0.3, -0.25) is 9.59 Å². The highest BCUT2D eigenvalue weighted by molar-refractivity contribution is 5.86. The number of urea groups is 1. The Morgan fingerprint density at radius 3 is 1.97 bits per heavy atom. The van der Waals surface area contributed by atoms with E-state index in [0.717, 1.165) is 64.3 Å². The molecule has 178 valence electrons. The molecular weight excluding hydrogens is 402 g/mol. The molecule has 1 unspecified atom stereocenters. The summed E-state index contributed by atoms with van der Waals surface area (Å²) >= 11 is 0. The van der Waals surface area contributed by atoms with Crippen LogP contribution in [0.1, 0.15) is 84.0 Å². The number of nitrogens with one attached hydrogen (secondary N) is 3. The van der Waals surface area contributed by atoms with Gasteiger partial charge in [-0.15, -0.1) is 0 Å². The second-order valence-electron chi connectivity index (χ2n) is 7.51. The van der Waals surface area contributed by atoms with E-state index in [1.54, 1.807) is 0 Å². The quantitative estimate of drug-likeness (QED) is 0.154. The highest BCUT2D eigenvalue weighted by Crippen LogP contribution is 2.07. The average Bonchev–Trinajstić information content (AvgIpc) is 2.70. The molecule has 5 N–H and O–H groups in total. The molecule has 0 bridgehead atoms. The van der Waals surface area contributed by atoms with Crippen LogP contribution < -0.4 is 16.0 Å². The predicted molar refractivity (Wildman–Crippen MR) is 119 cm³/mol. The zero-order valence-corrected chi connectivity index (χ0v) is 18.7. The van der Waals surface area contributed by atoms with Gasteiger partial charge in [0.1, 0.15) is 6.04 Å². The third-order valence-corrected chi connectivity index (χ3v) is 4.60. The Morgan fingerprint density at radius 1 is 0.806 bits per heavy atom. The maximum atomic E-state index is 11.7. The van der Waals surface area contributed by atoms with Gasteiger partial charge in [0.05, 0.1) is 6.42 Å². The first-order valence-electron chi connectivity index (χ1n) is 11.3. The molecule has 0 aliphatic heterocycles. The standard InChI is InChI=1S/C22H39N3O6/c1-2-3-15-23-22(31)24-16-13-11-9-7-5-4-6-8-10-12-14-19(26)25-18(21(29)30)17-20(27)28/h5,7,18H,2-4,6,8-17H2,1H3,(H,25,26)(H,27,28)(H,29,30)(H2,23,24,31). The van der Waals surface area contributed by atoms with Crippen LogP contribution in [0.3, 0.4) is 0 Å². The first-order valence-corrected chi connectivity index (χ1v) is 11.3. The Balaban J connectivity index is 3.55. The molecule has 1 atom stereocenters. The summed E-state index contributed by atoms with van der Waals surface area (Å²) in [6.45, 7) is 3.49. The molecule has 31 heavy (non-hydrogen) atoms. The van der Waals surface area contributed by atoms with Gasteiger partial charge < -0.3 is 26.2 Å². The molecule has 0 fully saturated rings. The molecule has 0 spiro atoms. The molecule has 9 nitrogen and oxygen atoms in total. The fraction of sp³-hybridized carbons (Fsp3) is 0.727. The molecule has 9 heteroatoms. The number of carbonyl (C=O) groups excluding carboxylic acids is 2. The number of hydrogen-bond donors (Lipinski definition) is 5. The van der Waals surface area contributed by atoms with Gasteiger partial charge >= 0.3 is 18.0 Å². The summed E-state index contributed by atoms with van der Waals surface area (Å²) in [5.74, 6) is -3.03. The van der Waals surface area contributed by atoms with Crippen molar-refractivity contribution < 1.29 is 29.4 Å². The third kappa shape index (κ3) is 19.1. The lowest BCUT2D eigenvalue weighted by molar-refractivity contribution is -0.147. The van der Waals surface area contributed by atoms with E-state index >= 15 is 0 Å². The maximum Gasteiger partial charge on any atom is 0.326 e. The first-order chi connectivity index (χ1) is 14.9. The fourth-order valence-electron chi connectivity index (χ4n) is 2.81. The van der Waals surface area contributed by atoms with Gasteiger partial charge in [-0.25, -0.2) is 9.59 Å².